The van der Waals surface area contributed by atoms with Gasteiger partial charge in [-0.3, -0.25) is 4.79 Å². The Hall–Kier alpha value is -0.870. The maximum Gasteiger partial charge on any atom is 0.248 e. The minimum atomic E-state index is -1.35. The van der Waals surface area contributed by atoms with Gasteiger partial charge in [0, 0.05) is 25.1 Å². The molecule has 4 heteroatoms. The highest BCUT2D eigenvalue weighted by atomic mass is 16.5. The van der Waals surface area contributed by atoms with E-state index in [2.05, 4.69) is 6.58 Å². The quantitative estimate of drug-likeness (QED) is 0.474. The van der Waals surface area contributed by atoms with Crippen LogP contribution in [0.2, 0.25) is 0 Å². The van der Waals surface area contributed by atoms with Gasteiger partial charge in [-0.15, -0.1) is 0 Å². The van der Waals surface area contributed by atoms with Gasteiger partial charge in [-0.2, -0.15) is 0 Å². The van der Waals surface area contributed by atoms with Crippen LogP contribution in [0.5, 0.6) is 0 Å². The first-order valence-electron chi connectivity index (χ1n) is 4.30. The standard InChI is InChI=1S/C9H17NO3/c1-4-10(6-5-8(11)12)9(13)7(2)3/h8,11-12H,2,4-6H2,1,3H3. The van der Waals surface area contributed by atoms with E-state index in [-0.39, 0.29) is 12.3 Å². The van der Waals surface area contributed by atoms with Gasteiger partial charge in [0.25, 0.3) is 0 Å². The van der Waals surface area contributed by atoms with Crippen LogP contribution in [0.3, 0.4) is 0 Å². The lowest BCUT2D eigenvalue weighted by Crippen LogP contribution is -2.33. The highest BCUT2D eigenvalue weighted by Gasteiger charge is 2.12. The molecule has 0 rings (SSSR count). The number of likely N-dealkylation sites (N-methyl/N-ethyl adjacent to an activating group) is 1. The lowest BCUT2D eigenvalue weighted by Gasteiger charge is -2.21. The van der Waals surface area contributed by atoms with Crippen molar-refractivity contribution in [1.82, 2.24) is 4.90 Å². The molecular formula is C9H17NO3. The number of hydrogen-bond acceptors (Lipinski definition) is 3. The fourth-order valence-corrected chi connectivity index (χ4v) is 0.944. The van der Waals surface area contributed by atoms with Crippen LogP contribution >= 0.6 is 0 Å². The molecular weight excluding hydrogens is 170 g/mol. The van der Waals surface area contributed by atoms with Crippen molar-refractivity contribution >= 4 is 5.91 Å². The van der Waals surface area contributed by atoms with Crippen molar-refractivity contribution in [3.05, 3.63) is 12.2 Å². The molecule has 0 heterocycles. The number of aliphatic hydroxyl groups excluding tert-OH is 1. The number of rotatable bonds is 5. The van der Waals surface area contributed by atoms with Gasteiger partial charge in [-0.05, 0) is 13.8 Å². The molecule has 0 unspecified atom stereocenters. The molecule has 0 aromatic rings. The van der Waals surface area contributed by atoms with E-state index in [0.29, 0.717) is 18.7 Å². The fraction of sp³-hybridized carbons (Fsp3) is 0.667. The lowest BCUT2D eigenvalue weighted by molar-refractivity contribution is -0.128. The molecule has 0 aromatic heterocycles. The maximum absolute atomic E-state index is 11.3. The normalized spacial score (nSPS) is 10.2. The number of nitrogens with zero attached hydrogens (tertiary/aromatic N) is 1. The molecule has 0 fully saturated rings. The monoisotopic (exact) mass is 187 g/mol. The van der Waals surface area contributed by atoms with E-state index in [0.717, 1.165) is 0 Å². The zero-order valence-corrected chi connectivity index (χ0v) is 8.16. The highest BCUT2D eigenvalue weighted by molar-refractivity contribution is 5.92. The molecule has 0 radical (unpaired) electrons. The number of hydrogen-bond donors (Lipinski definition) is 2. The van der Waals surface area contributed by atoms with Crippen LogP contribution in [0.4, 0.5) is 0 Å². The summed E-state index contributed by atoms with van der Waals surface area (Å²) in [4.78, 5) is 12.9. The van der Waals surface area contributed by atoms with Crippen molar-refractivity contribution in [1.29, 1.82) is 0 Å². The first kappa shape index (κ1) is 12.1. The van der Waals surface area contributed by atoms with Crippen molar-refractivity contribution < 1.29 is 15.0 Å². The third-order valence-electron chi connectivity index (χ3n) is 1.69. The van der Waals surface area contributed by atoms with Gasteiger partial charge >= 0.3 is 0 Å². The Kier molecular flexibility index (Phi) is 5.34. The average Bonchev–Trinajstić information content (AvgIpc) is 2.04. The molecule has 0 saturated carbocycles. The summed E-state index contributed by atoms with van der Waals surface area (Å²) in [6, 6.07) is 0. The van der Waals surface area contributed by atoms with Gasteiger partial charge < -0.3 is 15.1 Å². The van der Waals surface area contributed by atoms with Gasteiger partial charge in [0.1, 0.15) is 0 Å². The average molecular weight is 187 g/mol. The van der Waals surface area contributed by atoms with Gasteiger partial charge in [-0.1, -0.05) is 6.58 Å². The molecule has 13 heavy (non-hydrogen) atoms. The second kappa shape index (κ2) is 5.72. The lowest BCUT2D eigenvalue weighted by atomic mass is 10.2. The number of amides is 1. The summed E-state index contributed by atoms with van der Waals surface area (Å²) in [6.07, 6.45) is -1.18. The molecule has 0 aliphatic carbocycles. The van der Waals surface area contributed by atoms with Crippen molar-refractivity contribution in [2.45, 2.75) is 26.6 Å². The van der Waals surface area contributed by atoms with Crippen molar-refractivity contribution in [3.8, 4) is 0 Å². The Balaban J connectivity index is 4.03. The highest BCUT2D eigenvalue weighted by Crippen LogP contribution is 2.00. The first-order chi connectivity index (χ1) is 5.99. The van der Waals surface area contributed by atoms with Crippen molar-refractivity contribution in [2.75, 3.05) is 13.1 Å². The van der Waals surface area contributed by atoms with Gasteiger partial charge in [0.05, 0.1) is 0 Å². The van der Waals surface area contributed by atoms with Crippen molar-refractivity contribution in [3.63, 3.8) is 0 Å². The molecule has 0 aliphatic heterocycles. The van der Waals surface area contributed by atoms with Crippen molar-refractivity contribution in [2.24, 2.45) is 0 Å². The maximum atomic E-state index is 11.3. The van der Waals surface area contributed by atoms with E-state index >= 15 is 0 Å². The summed E-state index contributed by atoms with van der Waals surface area (Å²) in [5.74, 6) is -0.136. The van der Waals surface area contributed by atoms with E-state index in [4.69, 9.17) is 10.2 Å². The summed E-state index contributed by atoms with van der Waals surface area (Å²) in [6.45, 7) is 7.91. The van der Waals surface area contributed by atoms with E-state index in [9.17, 15) is 4.79 Å². The predicted molar refractivity (Wildman–Crippen MR) is 49.9 cm³/mol. The van der Waals surface area contributed by atoms with Crippen LogP contribution in [0, 0.1) is 0 Å². The van der Waals surface area contributed by atoms with Crippen LogP contribution < -0.4 is 0 Å². The summed E-state index contributed by atoms with van der Waals surface area (Å²) in [5, 5.41) is 17.2. The Bertz CT molecular complexity index is 189. The molecule has 4 nitrogen and oxygen atoms in total. The Morgan fingerprint density at radius 1 is 1.54 bits per heavy atom. The SMILES string of the molecule is C=C(C)C(=O)N(CC)CCC(O)O. The Labute approximate surface area is 78.5 Å². The zero-order chi connectivity index (χ0) is 10.4. The van der Waals surface area contributed by atoms with Gasteiger partial charge in [-0.25, -0.2) is 0 Å². The molecule has 0 bridgehead atoms. The second-order valence-corrected chi connectivity index (χ2v) is 2.93. The topological polar surface area (TPSA) is 60.8 Å². The van der Waals surface area contributed by atoms with Crippen LogP contribution in [-0.4, -0.2) is 40.4 Å². The molecule has 0 saturated heterocycles. The zero-order valence-electron chi connectivity index (χ0n) is 8.16. The second-order valence-electron chi connectivity index (χ2n) is 2.93. The summed E-state index contributed by atoms with van der Waals surface area (Å²) in [5.41, 5.74) is 0.467. The molecule has 2 N–H and O–H groups in total. The van der Waals surface area contributed by atoms with E-state index in [1.165, 1.54) is 4.90 Å². The van der Waals surface area contributed by atoms with E-state index < -0.39 is 6.29 Å². The summed E-state index contributed by atoms with van der Waals surface area (Å²) >= 11 is 0. The Morgan fingerprint density at radius 2 is 2.08 bits per heavy atom. The Morgan fingerprint density at radius 3 is 2.38 bits per heavy atom. The van der Waals surface area contributed by atoms with E-state index in [1.807, 2.05) is 6.92 Å². The summed E-state index contributed by atoms with van der Waals surface area (Å²) < 4.78 is 0. The minimum absolute atomic E-state index is 0.136. The predicted octanol–water partition coefficient (Wildman–Crippen LogP) is 0.112. The van der Waals surface area contributed by atoms with Crippen LogP contribution in [0.1, 0.15) is 20.3 Å². The van der Waals surface area contributed by atoms with Gasteiger partial charge in [0.15, 0.2) is 6.29 Å². The number of aliphatic hydroxyl groups is 2. The van der Waals surface area contributed by atoms with Crippen LogP contribution in [0.15, 0.2) is 12.2 Å². The van der Waals surface area contributed by atoms with Crippen LogP contribution in [-0.2, 0) is 4.79 Å². The number of carbonyl (C=O) groups excluding carboxylic acids is 1. The van der Waals surface area contributed by atoms with Gasteiger partial charge in [0.2, 0.25) is 5.91 Å². The molecule has 76 valence electrons. The number of carbonyl (C=O) groups is 1. The molecule has 0 aromatic carbocycles. The van der Waals surface area contributed by atoms with E-state index in [1.54, 1.807) is 6.92 Å². The smallest absolute Gasteiger partial charge is 0.248 e. The minimum Gasteiger partial charge on any atom is -0.368 e. The largest absolute Gasteiger partial charge is 0.368 e. The molecule has 0 spiro atoms. The van der Waals surface area contributed by atoms with Crippen LogP contribution in [0.25, 0.3) is 0 Å². The molecule has 0 atom stereocenters. The summed E-state index contributed by atoms with van der Waals surface area (Å²) in [7, 11) is 0. The fourth-order valence-electron chi connectivity index (χ4n) is 0.944. The third-order valence-corrected chi connectivity index (χ3v) is 1.69. The molecule has 0 aliphatic rings. The molecule has 1 amide bonds. The first-order valence-corrected chi connectivity index (χ1v) is 4.30. The third kappa shape index (κ3) is 4.65.